The minimum absolute atomic E-state index is 0.00624. The standard InChI is InChI=1S/C42H55FN2O7/c1-5-22-50-42-37(45(40(49)28-14-15-28)26-27-12-16-30(43)17-13-27)25-35(44-52-41(2,3)4)33-23-29(10-6-8-20-46)32(11-7-9-21-47)38(39(33)42)34-24-31(48)18-19-36(34)51-42/h5,12-13,16-19,23-24,28-29,32,37-39,46-48H,1,6-11,14-15,20-22,25-26H2,2-4H3/t29-,32+,37-,38+,39+,42+/m0/s1. The van der Waals surface area contributed by atoms with Crippen LogP contribution in [0.1, 0.15) is 95.6 Å². The molecular weight excluding hydrogens is 663 g/mol. The van der Waals surface area contributed by atoms with E-state index in [1.807, 2.05) is 25.7 Å². The Labute approximate surface area is 307 Å². The third-order valence-electron chi connectivity index (χ3n) is 10.9. The number of amides is 1. The van der Waals surface area contributed by atoms with Crippen molar-refractivity contribution in [1.82, 2.24) is 4.90 Å². The quantitative estimate of drug-likeness (QED) is 0.0940. The van der Waals surface area contributed by atoms with Gasteiger partial charge in [0, 0.05) is 43.6 Å². The number of aliphatic hydroxyl groups excluding tert-OH is 2. The fourth-order valence-corrected chi connectivity index (χ4v) is 8.54. The smallest absolute Gasteiger partial charge is 0.239 e. The van der Waals surface area contributed by atoms with Gasteiger partial charge in [0.05, 0.1) is 18.2 Å². The van der Waals surface area contributed by atoms with Crippen LogP contribution in [-0.4, -0.2) is 69.1 Å². The Morgan fingerprint density at radius 1 is 1.08 bits per heavy atom. The van der Waals surface area contributed by atoms with Crippen molar-refractivity contribution in [3.8, 4) is 11.5 Å². The van der Waals surface area contributed by atoms with Crippen LogP contribution in [0.15, 0.2) is 71.9 Å². The molecule has 6 atom stereocenters. The Hall–Kier alpha value is -3.73. The fraction of sp³-hybridized carbons (Fsp3) is 0.571. The summed E-state index contributed by atoms with van der Waals surface area (Å²) in [5, 5.41) is 35.3. The molecule has 0 bridgehead atoms. The van der Waals surface area contributed by atoms with Crippen LogP contribution in [-0.2, 0) is 20.9 Å². The zero-order chi connectivity index (χ0) is 37.0. The highest BCUT2D eigenvalue weighted by atomic mass is 19.1. The van der Waals surface area contributed by atoms with Crippen molar-refractivity contribution in [2.45, 2.75) is 108 Å². The molecule has 1 amide bonds. The summed E-state index contributed by atoms with van der Waals surface area (Å²) in [5.74, 6) is -1.68. The maximum Gasteiger partial charge on any atom is 0.239 e. The van der Waals surface area contributed by atoms with Gasteiger partial charge in [-0.1, -0.05) is 42.3 Å². The Bertz CT molecular complexity index is 1630. The van der Waals surface area contributed by atoms with Crippen LogP contribution in [0.5, 0.6) is 11.5 Å². The number of oxime groups is 1. The molecule has 3 N–H and O–H groups in total. The Balaban J connectivity index is 1.60. The molecular formula is C42H55FN2O7. The van der Waals surface area contributed by atoms with Crippen LogP contribution in [0.2, 0.25) is 0 Å². The van der Waals surface area contributed by atoms with Gasteiger partial charge in [0.1, 0.15) is 29.0 Å². The third kappa shape index (κ3) is 8.09. The van der Waals surface area contributed by atoms with E-state index in [9.17, 15) is 24.5 Å². The van der Waals surface area contributed by atoms with Crippen molar-refractivity contribution in [1.29, 1.82) is 0 Å². The molecule has 2 aromatic rings. The number of carbonyl (C=O) groups is 1. The number of benzene rings is 2. The van der Waals surface area contributed by atoms with Gasteiger partial charge >= 0.3 is 0 Å². The monoisotopic (exact) mass is 718 g/mol. The van der Waals surface area contributed by atoms with E-state index in [1.165, 1.54) is 12.1 Å². The molecule has 6 rings (SSSR count). The fourth-order valence-electron chi connectivity index (χ4n) is 8.54. The van der Waals surface area contributed by atoms with Crippen molar-refractivity contribution in [3.63, 3.8) is 0 Å². The summed E-state index contributed by atoms with van der Waals surface area (Å²) in [4.78, 5) is 22.6. The zero-order valence-electron chi connectivity index (χ0n) is 30.8. The van der Waals surface area contributed by atoms with Crippen LogP contribution in [0.25, 0.3) is 0 Å². The second kappa shape index (κ2) is 16.1. The predicted octanol–water partition coefficient (Wildman–Crippen LogP) is 7.40. The molecule has 282 valence electrons. The zero-order valence-corrected chi connectivity index (χ0v) is 30.8. The van der Waals surface area contributed by atoms with Crippen molar-refractivity contribution < 1.29 is 38.8 Å². The molecule has 4 aliphatic rings. The minimum Gasteiger partial charge on any atom is -0.508 e. The highest BCUT2D eigenvalue weighted by molar-refractivity contribution is 6.03. The molecule has 1 aliphatic heterocycles. The number of aromatic hydroxyl groups is 1. The van der Waals surface area contributed by atoms with Gasteiger partial charge in [0.2, 0.25) is 11.7 Å². The number of allylic oxidation sites excluding steroid dienone is 1. The maximum atomic E-state index is 14.5. The number of carbonyl (C=O) groups excluding carboxylic acids is 1. The number of nitrogens with zero attached hydrogens (tertiary/aromatic N) is 2. The molecule has 10 heteroatoms. The summed E-state index contributed by atoms with van der Waals surface area (Å²) in [6, 6.07) is 10.8. The number of aliphatic hydroxyl groups is 2. The minimum atomic E-state index is -1.38. The lowest BCUT2D eigenvalue weighted by Gasteiger charge is -2.60. The molecule has 52 heavy (non-hydrogen) atoms. The van der Waals surface area contributed by atoms with Crippen molar-refractivity contribution >= 4 is 11.6 Å². The van der Waals surface area contributed by atoms with Crippen LogP contribution in [0.3, 0.4) is 0 Å². The number of unbranched alkanes of at least 4 members (excludes halogenated alkanes) is 2. The van der Waals surface area contributed by atoms with Crippen molar-refractivity contribution in [2.75, 3.05) is 19.8 Å². The largest absolute Gasteiger partial charge is 0.508 e. The van der Waals surface area contributed by atoms with Gasteiger partial charge in [0.25, 0.3) is 0 Å². The van der Waals surface area contributed by atoms with Gasteiger partial charge in [-0.2, -0.15) is 0 Å². The van der Waals surface area contributed by atoms with E-state index >= 15 is 0 Å². The molecule has 3 aliphatic carbocycles. The van der Waals surface area contributed by atoms with Gasteiger partial charge in [0.15, 0.2) is 0 Å². The first-order valence-corrected chi connectivity index (χ1v) is 19.0. The SMILES string of the molecule is C=CCO[C@@]12Oc3ccc(O)cc3[C@H]3[C@H](CCCCO)[C@@H](CCCCO)C=C(C(=NOC(C)(C)C)C[C@@H]1N(Cc1ccc(F)cc1)C(=O)C1CC1)[C@H]32. The third-order valence-corrected chi connectivity index (χ3v) is 10.9. The van der Waals surface area contributed by atoms with Crippen LogP contribution in [0.4, 0.5) is 4.39 Å². The molecule has 1 heterocycles. The van der Waals surface area contributed by atoms with E-state index in [1.54, 1.807) is 36.4 Å². The van der Waals surface area contributed by atoms with Gasteiger partial charge < -0.3 is 34.5 Å². The van der Waals surface area contributed by atoms with E-state index < -0.39 is 23.3 Å². The molecule has 2 fully saturated rings. The number of halogens is 1. The number of fused-ring (bicyclic) bond motifs is 2. The average molecular weight is 719 g/mol. The van der Waals surface area contributed by atoms with E-state index in [0.717, 1.165) is 55.2 Å². The number of rotatable bonds is 16. The number of ether oxygens (including phenoxy) is 2. The summed E-state index contributed by atoms with van der Waals surface area (Å²) in [6.07, 6.45) is 10.5. The lowest BCUT2D eigenvalue weighted by atomic mass is 9.55. The number of hydrogen-bond donors (Lipinski definition) is 3. The topological polar surface area (TPSA) is 121 Å². The molecule has 0 radical (unpaired) electrons. The first-order chi connectivity index (χ1) is 25.0. The molecule has 9 nitrogen and oxygen atoms in total. The molecule has 2 aromatic carbocycles. The number of phenolic OH excluding ortho intramolecular Hbond substituents is 1. The van der Waals surface area contributed by atoms with Crippen LogP contribution < -0.4 is 4.74 Å². The van der Waals surface area contributed by atoms with Crippen molar-refractivity contribution in [2.24, 2.45) is 28.8 Å². The molecule has 2 saturated carbocycles. The summed E-state index contributed by atoms with van der Waals surface area (Å²) >= 11 is 0. The van der Waals surface area contributed by atoms with Gasteiger partial charge in [-0.3, -0.25) is 4.79 Å². The average Bonchev–Trinajstić information content (AvgIpc) is 3.97. The number of hydrogen-bond acceptors (Lipinski definition) is 8. The van der Waals surface area contributed by atoms with E-state index in [0.29, 0.717) is 24.3 Å². The van der Waals surface area contributed by atoms with Gasteiger partial charge in [-0.05, 0) is 113 Å². The van der Waals surface area contributed by atoms with E-state index in [-0.39, 0.29) is 73.9 Å². The lowest BCUT2D eigenvalue weighted by Crippen LogP contribution is -2.70. The Morgan fingerprint density at radius 2 is 1.79 bits per heavy atom. The van der Waals surface area contributed by atoms with E-state index in [4.69, 9.17) is 19.5 Å². The lowest BCUT2D eigenvalue weighted by molar-refractivity contribution is -0.258. The maximum absolute atomic E-state index is 14.5. The predicted molar refractivity (Wildman–Crippen MR) is 197 cm³/mol. The molecule has 0 spiro atoms. The van der Waals surface area contributed by atoms with E-state index in [2.05, 4.69) is 12.7 Å². The second-order valence-electron chi connectivity index (χ2n) is 15.9. The van der Waals surface area contributed by atoms with Crippen molar-refractivity contribution in [3.05, 3.63) is 83.7 Å². The van der Waals surface area contributed by atoms with Gasteiger partial charge in [-0.25, -0.2) is 4.39 Å². The first-order valence-electron chi connectivity index (χ1n) is 19.0. The summed E-state index contributed by atoms with van der Waals surface area (Å²) < 4.78 is 28.3. The Morgan fingerprint density at radius 3 is 2.44 bits per heavy atom. The molecule has 0 unspecified atom stereocenters. The summed E-state index contributed by atoms with van der Waals surface area (Å²) in [7, 11) is 0. The summed E-state index contributed by atoms with van der Waals surface area (Å²) in [6.45, 7) is 10.4. The molecule has 0 saturated heterocycles. The highest BCUT2D eigenvalue weighted by Crippen LogP contribution is 2.62. The van der Waals surface area contributed by atoms with Gasteiger partial charge in [-0.15, -0.1) is 6.58 Å². The normalized spacial score (nSPS) is 27.2. The van der Waals surface area contributed by atoms with Crippen LogP contribution >= 0.6 is 0 Å². The Kier molecular flexibility index (Phi) is 11.8. The summed E-state index contributed by atoms with van der Waals surface area (Å²) in [5.41, 5.74) is 2.72. The van der Waals surface area contributed by atoms with Crippen LogP contribution in [0, 0.1) is 29.5 Å². The second-order valence-corrected chi connectivity index (χ2v) is 15.9. The number of phenols is 1. The highest BCUT2D eigenvalue weighted by Gasteiger charge is 2.66. The molecule has 0 aromatic heterocycles. The first kappa shape index (κ1) is 38.0.